The van der Waals surface area contributed by atoms with Crippen LogP contribution in [0.2, 0.25) is 0 Å². The van der Waals surface area contributed by atoms with Gasteiger partial charge in [0.2, 0.25) is 0 Å². The molecule has 1 aromatic heterocycles. The topological polar surface area (TPSA) is 63.2 Å². The molecular formula is C21H21N3O2. The van der Waals surface area contributed by atoms with E-state index in [0.717, 1.165) is 28.3 Å². The molecule has 2 aromatic carbocycles. The molecule has 132 valence electrons. The third-order valence-corrected chi connectivity index (χ3v) is 4.08. The molecule has 26 heavy (non-hydrogen) atoms. The molecular weight excluding hydrogens is 326 g/mol. The maximum absolute atomic E-state index is 12.4. The van der Waals surface area contributed by atoms with Gasteiger partial charge in [-0.25, -0.2) is 0 Å². The van der Waals surface area contributed by atoms with Crippen LogP contribution < -0.4 is 15.4 Å². The molecule has 3 rings (SSSR count). The number of aryl methyl sites for hydroxylation is 1. The van der Waals surface area contributed by atoms with Crippen LogP contribution in [0.1, 0.15) is 21.6 Å². The van der Waals surface area contributed by atoms with Crippen molar-refractivity contribution >= 4 is 17.3 Å². The van der Waals surface area contributed by atoms with Crippen LogP contribution in [-0.2, 0) is 6.54 Å². The van der Waals surface area contributed by atoms with Gasteiger partial charge in [-0.15, -0.1) is 0 Å². The molecule has 0 saturated carbocycles. The maximum atomic E-state index is 12.4. The Morgan fingerprint density at radius 2 is 1.85 bits per heavy atom. The van der Waals surface area contributed by atoms with Crippen molar-refractivity contribution in [1.29, 1.82) is 0 Å². The Balaban J connectivity index is 1.70. The Bertz CT molecular complexity index is 909. The number of pyridine rings is 1. The first-order valence-corrected chi connectivity index (χ1v) is 8.36. The zero-order valence-electron chi connectivity index (χ0n) is 14.8. The molecule has 0 radical (unpaired) electrons. The molecule has 5 nitrogen and oxygen atoms in total. The summed E-state index contributed by atoms with van der Waals surface area (Å²) in [4.78, 5) is 16.6. The number of benzene rings is 2. The van der Waals surface area contributed by atoms with Crippen LogP contribution in [0.3, 0.4) is 0 Å². The number of para-hydroxylation sites is 2. The normalized spacial score (nSPS) is 10.2. The van der Waals surface area contributed by atoms with Gasteiger partial charge in [-0.05, 0) is 42.3 Å². The van der Waals surface area contributed by atoms with Crippen molar-refractivity contribution in [3.05, 3.63) is 83.7 Å². The number of aromatic nitrogens is 1. The molecule has 0 bridgehead atoms. The minimum atomic E-state index is -0.211. The van der Waals surface area contributed by atoms with Gasteiger partial charge in [0.05, 0.1) is 12.8 Å². The first kappa shape index (κ1) is 17.5. The molecule has 5 heteroatoms. The van der Waals surface area contributed by atoms with E-state index in [2.05, 4.69) is 15.6 Å². The number of rotatable bonds is 6. The maximum Gasteiger partial charge on any atom is 0.270 e. The lowest BCUT2D eigenvalue weighted by Gasteiger charge is -2.12. The Morgan fingerprint density at radius 1 is 1.08 bits per heavy atom. The number of hydrogen-bond acceptors (Lipinski definition) is 4. The van der Waals surface area contributed by atoms with Crippen LogP contribution in [-0.4, -0.2) is 18.0 Å². The molecule has 0 unspecified atom stereocenters. The molecule has 2 N–H and O–H groups in total. The number of nitrogens with zero attached hydrogens (tertiary/aromatic N) is 1. The third-order valence-electron chi connectivity index (χ3n) is 4.08. The van der Waals surface area contributed by atoms with Crippen LogP contribution in [0.5, 0.6) is 5.75 Å². The van der Waals surface area contributed by atoms with Gasteiger partial charge in [0.25, 0.3) is 5.91 Å². The second kappa shape index (κ2) is 8.16. The van der Waals surface area contributed by atoms with E-state index in [0.29, 0.717) is 12.2 Å². The molecule has 3 aromatic rings. The summed E-state index contributed by atoms with van der Waals surface area (Å²) in [7, 11) is 1.62. The Hall–Kier alpha value is -3.34. The highest BCUT2D eigenvalue weighted by atomic mass is 16.5. The molecule has 0 saturated heterocycles. The smallest absolute Gasteiger partial charge is 0.270 e. The fraction of sp³-hybridized carbons (Fsp3) is 0.143. The van der Waals surface area contributed by atoms with Crippen LogP contribution in [0, 0.1) is 6.92 Å². The lowest BCUT2D eigenvalue weighted by atomic mass is 10.1. The summed E-state index contributed by atoms with van der Waals surface area (Å²) < 4.78 is 5.34. The summed E-state index contributed by atoms with van der Waals surface area (Å²) in [5.74, 6) is 0.520. The predicted molar refractivity (Wildman–Crippen MR) is 103 cm³/mol. The molecule has 1 amide bonds. The standard InChI is InChI=1S/C21H21N3O2/c1-15-7-3-4-8-16(15)14-23-21(25)19-13-17(11-12-22-19)24-18-9-5-6-10-20(18)26-2/h3-13H,14H2,1-2H3,(H,22,24)(H,23,25). The van der Waals surface area contributed by atoms with Gasteiger partial charge in [0.1, 0.15) is 11.4 Å². The molecule has 0 aliphatic carbocycles. The summed E-state index contributed by atoms with van der Waals surface area (Å²) in [5, 5.41) is 6.17. The van der Waals surface area contributed by atoms with Gasteiger partial charge < -0.3 is 15.4 Å². The van der Waals surface area contributed by atoms with Gasteiger partial charge >= 0.3 is 0 Å². The van der Waals surface area contributed by atoms with Gasteiger partial charge in [-0.1, -0.05) is 36.4 Å². The highest BCUT2D eigenvalue weighted by Gasteiger charge is 2.09. The molecule has 0 atom stereocenters. The van der Waals surface area contributed by atoms with E-state index in [9.17, 15) is 4.79 Å². The summed E-state index contributed by atoms with van der Waals surface area (Å²) >= 11 is 0. The van der Waals surface area contributed by atoms with Crippen LogP contribution in [0.4, 0.5) is 11.4 Å². The van der Waals surface area contributed by atoms with Crippen LogP contribution in [0.15, 0.2) is 66.9 Å². The Kier molecular flexibility index (Phi) is 5.49. The van der Waals surface area contributed by atoms with E-state index in [1.54, 1.807) is 19.4 Å². The largest absolute Gasteiger partial charge is 0.495 e. The van der Waals surface area contributed by atoms with E-state index in [-0.39, 0.29) is 5.91 Å². The van der Waals surface area contributed by atoms with Crippen LogP contribution >= 0.6 is 0 Å². The van der Waals surface area contributed by atoms with Crippen molar-refractivity contribution in [1.82, 2.24) is 10.3 Å². The molecule has 0 aliphatic heterocycles. The van der Waals surface area contributed by atoms with E-state index < -0.39 is 0 Å². The third kappa shape index (κ3) is 4.19. The van der Waals surface area contributed by atoms with Gasteiger partial charge in [0.15, 0.2) is 0 Å². The number of ether oxygens (including phenoxy) is 1. The van der Waals surface area contributed by atoms with E-state index >= 15 is 0 Å². The molecule has 1 heterocycles. The monoisotopic (exact) mass is 347 g/mol. The molecule has 0 aliphatic rings. The minimum absolute atomic E-state index is 0.211. The number of carbonyl (C=O) groups is 1. The van der Waals surface area contributed by atoms with Crippen molar-refractivity contribution in [2.45, 2.75) is 13.5 Å². The number of anilines is 2. The number of amides is 1. The first-order chi connectivity index (χ1) is 12.7. The van der Waals surface area contributed by atoms with Crippen molar-refractivity contribution in [2.24, 2.45) is 0 Å². The van der Waals surface area contributed by atoms with Gasteiger partial charge in [-0.3, -0.25) is 9.78 Å². The van der Waals surface area contributed by atoms with E-state index in [4.69, 9.17) is 4.74 Å². The number of hydrogen-bond donors (Lipinski definition) is 2. The summed E-state index contributed by atoms with van der Waals surface area (Å²) in [6.07, 6.45) is 1.61. The lowest BCUT2D eigenvalue weighted by Crippen LogP contribution is -2.24. The molecule has 0 fully saturated rings. The predicted octanol–water partition coefficient (Wildman–Crippen LogP) is 4.07. The van der Waals surface area contributed by atoms with Crippen molar-refractivity contribution in [2.75, 3.05) is 12.4 Å². The average Bonchev–Trinajstić information content (AvgIpc) is 2.68. The second-order valence-corrected chi connectivity index (χ2v) is 5.86. The fourth-order valence-corrected chi connectivity index (χ4v) is 2.61. The highest BCUT2D eigenvalue weighted by Crippen LogP contribution is 2.26. The SMILES string of the molecule is COc1ccccc1Nc1ccnc(C(=O)NCc2ccccc2C)c1. The van der Waals surface area contributed by atoms with Crippen LogP contribution in [0.25, 0.3) is 0 Å². The Morgan fingerprint density at radius 3 is 2.65 bits per heavy atom. The number of carbonyl (C=O) groups excluding carboxylic acids is 1. The summed E-state index contributed by atoms with van der Waals surface area (Å²) in [5.41, 5.74) is 4.19. The average molecular weight is 347 g/mol. The zero-order chi connectivity index (χ0) is 18.4. The lowest BCUT2D eigenvalue weighted by molar-refractivity contribution is 0.0946. The quantitative estimate of drug-likeness (QED) is 0.705. The van der Waals surface area contributed by atoms with Crippen molar-refractivity contribution in [3.8, 4) is 5.75 Å². The van der Waals surface area contributed by atoms with Gasteiger partial charge in [-0.2, -0.15) is 0 Å². The summed E-state index contributed by atoms with van der Waals surface area (Å²) in [6.45, 7) is 2.49. The van der Waals surface area contributed by atoms with E-state index in [1.165, 1.54) is 0 Å². The van der Waals surface area contributed by atoms with E-state index in [1.807, 2.05) is 61.5 Å². The van der Waals surface area contributed by atoms with Gasteiger partial charge in [0, 0.05) is 18.4 Å². The van der Waals surface area contributed by atoms with Crippen molar-refractivity contribution < 1.29 is 9.53 Å². The van der Waals surface area contributed by atoms with Crippen molar-refractivity contribution in [3.63, 3.8) is 0 Å². The highest BCUT2D eigenvalue weighted by molar-refractivity contribution is 5.93. The number of methoxy groups -OCH3 is 1. The number of nitrogens with one attached hydrogen (secondary N) is 2. The molecule has 0 spiro atoms. The summed E-state index contributed by atoms with van der Waals surface area (Å²) in [6, 6.07) is 19.1. The fourth-order valence-electron chi connectivity index (χ4n) is 2.61. The second-order valence-electron chi connectivity index (χ2n) is 5.86. The zero-order valence-corrected chi connectivity index (χ0v) is 14.8. The first-order valence-electron chi connectivity index (χ1n) is 8.36. The Labute approximate surface area is 153 Å². The minimum Gasteiger partial charge on any atom is -0.495 e.